The monoisotopic (exact) mass is 391 g/mol. The van der Waals surface area contributed by atoms with Crippen LogP contribution in [0.3, 0.4) is 0 Å². The van der Waals surface area contributed by atoms with Crippen LogP contribution in [0.15, 0.2) is 60.8 Å². The number of nitrogens with zero attached hydrogens (tertiary/aromatic N) is 2. The van der Waals surface area contributed by atoms with Crippen LogP contribution < -0.4 is 5.32 Å². The molecule has 29 heavy (non-hydrogen) atoms. The Kier molecular flexibility index (Phi) is 5.87. The number of anilines is 1. The minimum Gasteiger partial charge on any atom is -0.449 e. The molecule has 0 aliphatic heterocycles. The maximum atomic E-state index is 12.4. The first-order chi connectivity index (χ1) is 13.8. The lowest BCUT2D eigenvalue weighted by molar-refractivity contribution is -0.123. The fraction of sp³-hybridized carbons (Fsp3) is 0.182. The first-order valence-corrected chi connectivity index (χ1v) is 9.09. The smallest absolute Gasteiger partial charge is 0.338 e. The van der Waals surface area contributed by atoms with Crippen LogP contribution in [0.4, 0.5) is 5.69 Å². The summed E-state index contributed by atoms with van der Waals surface area (Å²) in [7, 11) is 0. The summed E-state index contributed by atoms with van der Waals surface area (Å²) in [5.41, 5.74) is 3.07. The Hall–Kier alpha value is -3.74. The maximum Gasteiger partial charge on any atom is 0.338 e. The second kappa shape index (κ2) is 8.52. The van der Waals surface area contributed by atoms with Crippen molar-refractivity contribution in [3.05, 3.63) is 77.6 Å². The molecule has 1 aromatic heterocycles. The number of aryl methyl sites for hydroxylation is 1. The van der Waals surface area contributed by atoms with Gasteiger partial charge < -0.3 is 10.1 Å². The van der Waals surface area contributed by atoms with Crippen molar-refractivity contribution in [2.75, 3.05) is 5.32 Å². The number of aromatic nitrogens is 2. The minimum atomic E-state index is -1.00. The van der Waals surface area contributed by atoms with Gasteiger partial charge in [-0.3, -0.25) is 9.59 Å². The van der Waals surface area contributed by atoms with Gasteiger partial charge in [0.15, 0.2) is 11.9 Å². The zero-order valence-corrected chi connectivity index (χ0v) is 16.4. The number of amides is 1. The minimum absolute atomic E-state index is 0.102. The summed E-state index contributed by atoms with van der Waals surface area (Å²) >= 11 is 0. The molecule has 3 aromatic rings. The SMILES string of the molecule is CC(=O)c1cccc(NC(=O)[C@H](C)OC(=O)c2ccc(-n3nccc3C)cc2)c1. The molecule has 0 aliphatic rings. The lowest BCUT2D eigenvalue weighted by Gasteiger charge is -2.14. The molecule has 0 unspecified atom stereocenters. The quantitative estimate of drug-likeness (QED) is 0.512. The van der Waals surface area contributed by atoms with Gasteiger partial charge >= 0.3 is 5.97 Å². The third-order valence-electron chi connectivity index (χ3n) is 4.37. The summed E-state index contributed by atoms with van der Waals surface area (Å²) in [4.78, 5) is 36.1. The molecule has 0 radical (unpaired) electrons. The summed E-state index contributed by atoms with van der Waals surface area (Å²) < 4.78 is 7.01. The van der Waals surface area contributed by atoms with Gasteiger partial charge in [0.05, 0.1) is 11.3 Å². The highest BCUT2D eigenvalue weighted by Crippen LogP contribution is 2.14. The van der Waals surface area contributed by atoms with Crippen molar-refractivity contribution < 1.29 is 19.1 Å². The molecule has 148 valence electrons. The van der Waals surface area contributed by atoms with Crippen molar-refractivity contribution in [3.8, 4) is 5.69 Å². The Balaban J connectivity index is 1.62. The van der Waals surface area contributed by atoms with Crippen LogP contribution in [0.5, 0.6) is 0 Å². The van der Waals surface area contributed by atoms with Crippen LogP contribution in [-0.4, -0.2) is 33.5 Å². The number of hydrogen-bond acceptors (Lipinski definition) is 5. The summed E-state index contributed by atoms with van der Waals surface area (Å²) in [5, 5.41) is 6.86. The van der Waals surface area contributed by atoms with E-state index >= 15 is 0 Å². The van der Waals surface area contributed by atoms with Gasteiger partial charge in [-0.05, 0) is 63.2 Å². The van der Waals surface area contributed by atoms with E-state index in [0.29, 0.717) is 16.8 Å². The van der Waals surface area contributed by atoms with Crippen LogP contribution in [0.1, 0.15) is 40.3 Å². The fourth-order valence-electron chi connectivity index (χ4n) is 2.72. The average Bonchev–Trinajstić information content (AvgIpc) is 3.14. The molecule has 7 nitrogen and oxygen atoms in total. The van der Waals surface area contributed by atoms with E-state index < -0.39 is 18.0 Å². The highest BCUT2D eigenvalue weighted by Gasteiger charge is 2.19. The van der Waals surface area contributed by atoms with Crippen LogP contribution >= 0.6 is 0 Å². The van der Waals surface area contributed by atoms with Crippen molar-refractivity contribution >= 4 is 23.3 Å². The topological polar surface area (TPSA) is 90.3 Å². The number of rotatable bonds is 6. The first kappa shape index (κ1) is 20.0. The van der Waals surface area contributed by atoms with Gasteiger partial charge in [0.1, 0.15) is 0 Å². The molecule has 0 spiro atoms. The summed E-state index contributed by atoms with van der Waals surface area (Å²) in [6.45, 7) is 4.87. The van der Waals surface area contributed by atoms with Crippen molar-refractivity contribution in [3.63, 3.8) is 0 Å². The van der Waals surface area contributed by atoms with Crippen molar-refractivity contribution in [1.29, 1.82) is 0 Å². The number of carbonyl (C=O) groups is 3. The molecule has 1 atom stereocenters. The Morgan fingerprint density at radius 1 is 1.03 bits per heavy atom. The van der Waals surface area contributed by atoms with E-state index in [1.165, 1.54) is 13.8 Å². The Bertz CT molecular complexity index is 1050. The summed E-state index contributed by atoms with van der Waals surface area (Å²) in [6, 6.07) is 15.2. The van der Waals surface area contributed by atoms with E-state index in [4.69, 9.17) is 4.74 Å². The number of esters is 1. The van der Waals surface area contributed by atoms with Crippen LogP contribution in [0.25, 0.3) is 5.69 Å². The van der Waals surface area contributed by atoms with Gasteiger partial charge in [-0.25, -0.2) is 9.48 Å². The number of hydrogen-bond donors (Lipinski definition) is 1. The van der Waals surface area contributed by atoms with Gasteiger partial charge in [0, 0.05) is 23.1 Å². The summed E-state index contributed by atoms with van der Waals surface area (Å²) in [6.07, 6.45) is 0.695. The molecule has 7 heteroatoms. The largest absolute Gasteiger partial charge is 0.449 e. The molecule has 1 N–H and O–H groups in total. The van der Waals surface area contributed by atoms with Crippen LogP contribution in [-0.2, 0) is 9.53 Å². The number of ketones is 1. The van der Waals surface area contributed by atoms with Gasteiger partial charge in [-0.15, -0.1) is 0 Å². The molecule has 0 saturated carbocycles. The first-order valence-electron chi connectivity index (χ1n) is 9.09. The van der Waals surface area contributed by atoms with Gasteiger partial charge in [0.25, 0.3) is 5.91 Å². The number of Topliss-reactive ketones (excluding diaryl/α,β-unsaturated/α-hetero) is 1. The van der Waals surface area contributed by atoms with Crippen molar-refractivity contribution in [2.45, 2.75) is 26.9 Å². The fourth-order valence-corrected chi connectivity index (χ4v) is 2.72. The van der Waals surface area contributed by atoms with Crippen molar-refractivity contribution in [1.82, 2.24) is 9.78 Å². The second-order valence-corrected chi connectivity index (χ2v) is 6.61. The van der Waals surface area contributed by atoms with E-state index in [1.54, 1.807) is 59.4 Å². The van der Waals surface area contributed by atoms with Crippen molar-refractivity contribution in [2.24, 2.45) is 0 Å². The van der Waals surface area contributed by atoms with E-state index in [2.05, 4.69) is 10.4 Å². The molecule has 0 fully saturated rings. The van der Waals surface area contributed by atoms with Crippen LogP contribution in [0, 0.1) is 6.92 Å². The van der Waals surface area contributed by atoms with E-state index in [1.807, 2.05) is 13.0 Å². The van der Waals surface area contributed by atoms with E-state index in [-0.39, 0.29) is 5.78 Å². The number of benzene rings is 2. The highest BCUT2D eigenvalue weighted by molar-refractivity contribution is 5.99. The number of carbonyl (C=O) groups excluding carboxylic acids is 3. The molecular formula is C22H21N3O4. The zero-order valence-electron chi connectivity index (χ0n) is 16.4. The average molecular weight is 391 g/mol. The Morgan fingerprint density at radius 3 is 2.38 bits per heavy atom. The normalized spacial score (nSPS) is 11.6. The predicted octanol–water partition coefficient (Wildman–Crippen LogP) is 3.57. The molecule has 0 saturated heterocycles. The third kappa shape index (κ3) is 4.76. The molecular weight excluding hydrogens is 370 g/mol. The second-order valence-electron chi connectivity index (χ2n) is 6.61. The number of ether oxygens (including phenoxy) is 1. The molecule has 0 aliphatic carbocycles. The lowest BCUT2D eigenvalue weighted by Crippen LogP contribution is -2.30. The molecule has 2 aromatic carbocycles. The zero-order chi connectivity index (χ0) is 21.0. The summed E-state index contributed by atoms with van der Waals surface area (Å²) in [5.74, 6) is -1.19. The van der Waals surface area contributed by atoms with Gasteiger partial charge in [-0.1, -0.05) is 12.1 Å². The number of nitrogens with one attached hydrogen (secondary N) is 1. The molecule has 3 rings (SSSR count). The third-order valence-corrected chi connectivity index (χ3v) is 4.37. The Morgan fingerprint density at radius 2 is 1.76 bits per heavy atom. The maximum absolute atomic E-state index is 12.4. The Labute approximate surface area is 168 Å². The predicted molar refractivity (Wildman–Crippen MR) is 108 cm³/mol. The standard InChI is InChI=1S/C22H21N3O4/c1-14-11-12-23-25(14)20-9-7-17(8-10-20)22(28)29-16(3)21(27)24-19-6-4-5-18(13-19)15(2)26/h4-13,16H,1-3H3,(H,24,27)/t16-/m0/s1. The van der Waals surface area contributed by atoms with Gasteiger partial charge in [0.2, 0.25) is 0 Å². The van der Waals surface area contributed by atoms with E-state index in [9.17, 15) is 14.4 Å². The molecule has 0 bridgehead atoms. The molecule has 1 heterocycles. The van der Waals surface area contributed by atoms with Crippen LogP contribution in [0.2, 0.25) is 0 Å². The lowest BCUT2D eigenvalue weighted by atomic mass is 10.1. The van der Waals surface area contributed by atoms with E-state index in [0.717, 1.165) is 11.4 Å². The van der Waals surface area contributed by atoms with Gasteiger partial charge in [-0.2, -0.15) is 5.10 Å². The highest BCUT2D eigenvalue weighted by atomic mass is 16.5. The molecule has 1 amide bonds.